The van der Waals surface area contributed by atoms with Crippen LogP contribution in [-0.4, -0.2) is 32.2 Å². The van der Waals surface area contributed by atoms with Gasteiger partial charge >= 0.3 is 0 Å². The van der Waals surface area contributed by atoms with Gasteiger partial charge < -0.3 is 9.47 Å². The number of methoxy groups -OCH3 is 2. The summed E-state index contributed by atoms with van der Waals surface area (Å²) in [6, 6.07) is 9.06. The highest BCUT2D eigenvalue weighted by molar-refractivity contribution is 9.10. The van der Waals surface area contributed by atoms with Crippen LogP contribution in [-0.2, 0) is 19.4 Å². The van der Waals surface area contributed by atoms with Gasteiger partial charge in [0.05, 0.1) is 18.7 Å². The molecule has 0 bridgehead atoms. The SMILES string of the molecule is COc1cc2c(c(Br)c1OC)CN(CCc1ccccc1F)CC2. The van der Waals surface area contributed by atoms with Crippen LogP contribution in [0, 0.1) is 5.82 Å². The minimum atomic E-state index is -0.123. The predicted octanol–water partition coefficient (Wildman–Crippen LogP) is 4.21. The first-order chi connectivity index (χ1) is 11.6. The van der Waals surface area contributed by atoms with E-state index in [2.05, 4.69) is 26.9 Å². The standard InChI is InChI=1S/C19H21BrFNO2/c1-23-17-11-14-8-10-22(12-15(14)18(20)19(17)24-2)9-7-13-5-3-4-6-16(13)21/h3-6,11H,7-10,12H2,1-2H3. The molecule has 0 unspecified atom stereocenters. The lowest BCUT2D eigenvalue weighted by molar-refractivity contribution is 0.254. The van der Waals surface area contributed by atoms with Gasteiger partial charge in [-0.05, 0) is 57.6 Å². The van der Waals surface area contributed by atoms with E-state index in [1.807, 2.05) is 12.1 Å². The molecule has 0 aliphatic carbocycles. The van der Waals surface area contributed by atoms with Crippen LogP contribution in [0.3, 0.4) is 0 Å². The van der Waals surface area contributed by atoms with Crippen LogP contribution in [0.25, 0.3) is 0 Å². The number of benzene rings is 2. The van der Waals surface area contributed by atoms with E-state index in [1.165, 1.54) is 17.2 Å². The van der Waals surface area contributed by atoms with Crippen molar-refractivity contribution in [1.82, 2.24) is 4.90 Å². The molecule has 5 heteroatoms. The van der Waals surface area contributed by atoms with Crippen molar-refractivity contribution in [2.75, 3.05) is 27.3 Å². The average molecular weight is 394 g/mol. The van der Waals surface area contributed by atoms with Gasteiger partial charge in [0.25, 0.3) is 0 Å². The molecule has 0 atom stereocenters. The van der Waals surface area contributed by atoms with Crippen molar-refractivity contribution in [3.05, 3.63) is 57.3 Å². The molecule has 0 radical (unpaired) electrons. The summed E-state index contributed by atoms with van der Waals surface area (Å²) in [4.78, 5) is 2.35. The first-order valence-corrected chi connectivity index (χ1v) is 8.81. The van der Waals surface area contributed by atoms with Crippen LogP contribution in [0.1, 0.15) is 16.7 Å². The first-order valence-electron chi connectivity index (χ1n) is 8.02. The zero-order valence-corrected chi connectivity index (χ0v) is 15.5. The Kier molecular flexibility index (Phi) is 5.41. The van der Waals surface area contributed by atoms with E-state index in [9.17, 15) is 4.39 Å². The Morgan fingerprint density at radius 1 is 1.21 bits per heavy atom. The molecule has 1 heterocycles. The van der Waals surface area contributed by atoms with Crippen molar-refractivity contribution in [3.63, 3.8) is 0 Å². The second-order valence-corrected chi connectivity index (χ2v) is 6.72. The fourth-order valence-corrected chi connectivity index (χ4v) is 3.92. The quantitative estimate of drug-likeness (QED) is 0.759. The van der Waals surface area contributed by atoms with Crippen molar-refractivity contribution < 1.29 is 13.9 Å². The third-order valence-electron chi connectivity index (χ3n) is 4.54. The van der Waals surface area contributed by atoms with E-state index in [0.717, 1.165) is 47.6 Å². The number of hydrogen-bond acceptors (Lipinski definition) is 3. The van der Waals surface area contributed by atoms with Crippen molar-refractivity contribution in [2.24, 2.45) is 0 Å². The average Bonchev–Trinajstić information content (AvgIpc) is 2.61. The fourth-order valence-electron chi connectivity index (χ4n) is 3.18. The lowest BCUT2D eigenvalue weighted by atomic mass is 9.98. The molecular formula is C19H21BrFNO2. The van der Waals surface area contributed by atoms with Gasteiger partial charge in [0.15, 0.2) is 11.5 Å². The Bertz CT molecular complexity index is 736. The van der Waals surface area contributed by atoms with Gasteiger partial charge in [-0.2, -0.15) is 0 Å². The molecule has 1 aliphatic heterocycles. The number of fused-ring (bicyclic) bond motifs is 1. The molecule has 24 heavy (non-hydrogen) atoms. The van der Waals surface area contributed by atoms with Crippen LogP contribution in [0.4, 0.5) is 4.39 Å². The molecule has 3 rings (SSSR count). The van der Waals surface area contributed by atoms with E-state index in [1.54, 1.807) is 20.3 Å². The number of hydrogen-bond donors (Lipinski definition) is 0. The third kappa shape index (κ3) is 3.42. The molecular weight excluding hydrogens is 373 g/mol. The van der Waals surface area contributed by atoms with Crippen molar-refractivity contribution >= 4 is 15.9 Å². The van der Waals surface area contributed by atoms with E-state index >= 15 is 0 Å². The zero-order chi connectivity index (χ0) is 17.1. The zero-order valence-electron chi connectivity index (χ0n) is 13.9. The van der Waals surface area contributed by atoms with Crippen LogP contribution in [0.2, 0.25) is 0 Å². The van der Waals surface area contributed by atoms with Gasteiger partial charge in [0.1, 0.15) is 5.82 Å². The van der Waals surface area contributed by atoms with Gasteiger partial charge in [-0.15, -0.1) is 0 Å². The van der Waals surface area contributed by atoms with E-state index in [4.69, 9.17) is 9.47 Å². The molecule has 128 valence electrons. The van der Waals surface area contributed by atoms with Crippen LogP contribution in [0.15, 0.2) is 34.8 Å². The first kappa shape index (κ1) is 17.2. The summed E-state index contributed by atoms with van der Waals surface area (Å²) < 4.78 is 25.6. The molecule has 3 nitrogen and oxygen atoms in total. The van der Waals surface area contributed by atoms with E-state index in [0.29, 0.717) is 6.42 Å². The monoisotopic (exact) mass is 393 g/mol. The minimum absolute atomic E-state index is 0.123. The van der Waals surface area contributed by atoms with E-state index < -0.39 is 0 Å². The number of ether oxygens (including phenoxy) is 2. The summed E-state index contributed by atoms with van der Waals surface area (Å²) in [5, 5.41) is 0. The van der Waals surface area contributed by atoms with Crippen molar-refractivity contribution in [2.45, 2.75) is 19.4 Å². The van der Waals surface area contributed by atoms with Gasteiger partial charge in [-0.3, -0.25) is 4.90 Å². The minimum Gasteiger partial charge on any atom is -0.493 e. The third-order valence-corrected chi connectivity index (χ3v) is 5.38. The summed E-state index contributed by atoms with van der Waals surface area (Å²) in [6.45, 7) is 2.62. The second-order valence-electron chi connectivity index (χ2n) is 5.93. The fraction of sp³-hybridized carbons (Fsp3) is 0.368. The summed E-state index contributed by atoms with van der Waals surface area (Å²) in [6.07, 6.45) is 1.67. The molecule has 0 fully saturated rings. The van der Waals surface area contributed by atoms with Crippen molar-refractivity contribution in [3.8, 4) is 11.5 Å². The maximum absolute atomic E-state index is 13.8. The van der Waals surface area contributed by atoms with Gasteiger partial charge in [-0.25, -0.2) is 4.39 Å². The summed E-state index contributed by atoms with van der Waals surface area (Å²) in [5.74, 6) is 1.36. The Hall–Kier alpha value is -1.59. The molecule has 0 N–H and O–H groups in total. The van der Waals surface area contributed by atoms with Gasteiger partial charge in [-0.1, -0.05) is 18.2 Å². The maximum atomic E-state index is 13.8. The molecule has 0 spiro atoms. The molecule has 0 aromatic heterocycles. The number of nitrogens with zero attached hydrogens (tertiary/aromatic N) is 1. The van der Waals surface area contributed by atoms with E-state index in [-0.39, 0.29) is 5.82 Å². The lowest BCUT2D eigenvalue weighted by Crippen LogP contribution is -2.32. The summed E-state index contributed by atoms with van der Waals surface area (Å²) in [7, 11) is 3.30. The van der Waals surface area contributed by atoms with Crippen LogP contribution < -0.4 is 9.47 Å². The number of halogens is 2. The Labute approximate surface area is 150 Å². The Balaban J connectivity index is 1.75. The van der Waals surface area contributed by atoms with Gasteiger partial charge in [0, 0.05) is 19.6 Å². The second kappa shape index (κ2) is 7.53. The molecule has 2 aromatic rings. The Morgan fingerprint density at radius 2 is 2.00 bits per heavy atom. The topological polar surface area (TPSA) is 21.7 Å². The molecule has 0 amide bonds. The molecule has 1 aliphatic rings. The molecule has 0 saturated heterocycles. The predicted molar refractivity (Wildman–Crippen MR) is 96.3 cm³/mol. The highest BCUT2D eigenvalue weighted by Crippen LogP contribution is 2.41. The van der Waals surface area contributed by atoms with Crippen LogP contribution in [0.5, 0.6) is 11.5 Å². The highest BCUT2D eigenvalue weighted by atomic mass is 79.9. The summed E-state index contributed by atoms with van der Waals surface area (Å²) >= 11 is 3.66. The van der Waals surface area contributed by atoms with Gasteiger partial charge in [0.2, 0.25) is 0 Å². The highest BCUT2D eigenvalue weighted by Gasteiger charge is 2.23. The normalized spacial score (nSPS) is 14.3. The maximum Gasteiger partial charge on any atom is 0.175 e. The van der Waals surface area contributed by atoms with Crippen molar-refractivity contribution in [1.29, 1.82) is 0 Å². The smallest absolute Gasteiger partial charge is 0.175 e. The summed E-state index contributed by atoms with van der Waals surface area (Å²) in [5.41, 5.74) is 3.28. The van der Waals surface area contributed by atoms with Crippen LogP contribution >= 0.6 is 15.9 Å². The Morgan fingerprint density at radius 3 is 2.71 bits per heavy atom. The molecule has 2 aromatic carbocycles. The largest absolute Gasteiger partial charge is 0.493 e. The molecule has 0 saturated carbocycles. The lowest BCUT2D eigenvalue weighted by Gasteiger charge is -2.30. The number of rotatable bonds is 5.